The van der Waals surface area contributed by atoms with Crippen molar-refractivity contribution in [2.24, 2.45) is 0 Å². The van der Waals surface area contributed by atoms with Gasteiger partial charge in [-0.15, -0.1) is 0 Å². The highest BCUT2D eigenvalue weighted by molar-refractivity contribution is 9.10. The molecule has 0 aliphatic rings. The lowest BCUT2D eigenvalue weighted by Crippen LogP contribution is -1.83. The van der Waals surface area contributed by atoms with Crippen LogP contribution < -0.4 is 0 Å². The highest BCUT2D eigenvalue weighted by Crippen LogP contribution is 2.27. The Bertz CT molecular complexity index is 911. The molecule has 0 spiro atoms. The summed E-state index contributed by atoms with van der Waals surface area (Å²) in [5, 5.41) is 10.9. The normalized spacial score (nSPS) is 11.0. The second kappa shape index (κ2) is 5.27. The molecular formula is C15H9BrN4O2. The second-order valence-corrected chi connectivity index (χ2v) is 5.36. The lowest BCUT2D eigenvalue weighted by atomic mass is 10.1. The summed E-state index contributed by atoms with van der Waals surface area (Å²) in [4.78, 5) is 4.37. The number of hydrogen-bond donors (Lipinski definition) is 1. The molecule has 1 N–H and O–H groups in total. The Hall–Kier alpha value is -2.67. The third-order valence-corrected chi connectivity index (χ3v) is 3.57. The maximum absolute atomic E-state index is 5.41. The molecule has 22 heavy (non-hydrogen) atoms. The van der Waals surface area contributed by atoms with Crippen molar-refractivity contribution in [3.63, 3.8) is 0 Å². The van der Waals surface area contributed by atoms with Crippen LogP contribution in [0.1, 0.15) is 0 Å². The van der Waals surface area contributed by atoms with E-state index in [2.05, 4.69) is 36.3 Å². The number of aromatic nitrogens is 4. The number of nitrogens with zero attached hydrogens (tertiary/aromatic N) is 3. The van der Waals surface area contributed by atoms with E-state index in [1.165, 1.54) is 0 Å². The minimum atomic E-state index is 0.340. The zero-order chi connectivity index (χ0) is 14.9. The van der Waals surface area contributed by atoms with Crippen LogP contribution in [0.5, 0.6) is 0 Å². The highest BCUT2D eigenvalue weighted by Gasteiger charge is 2.14. The van der Waals surface area contributed by atoms with E-state index in [1.807, 2.05) is 30.3 Å². The minimum Gasteiger partial charge on any atom is -0.444 e. The van der Waals surface area contributed by atoms with Crippen LogP contribution in [0.3, 0.4) is 0 Å². The fourth-order valence-electron chi connectivity index (χ4n) is 2.11. The van der Waals surface area contributed by atoms with Crippen molar-refractivity contribution >= 4 is 15.9 Å². The molecule has 7 heteroatoms. The largest absolute Gasteiger partial charge is 0.444 e. The van der Waals surface area contributed by atoms with Crippen molar-refractivity contribution in [3.05, 3.63) is 53.3 Å². The average Bonchev–Trinajstić information content (AvgIpc) is 3.28. The molecule has 0 unspecified atom stereocenters. The predicted molar refractivity (Wildman–Crippen MR) is 82.7 cm³/mol. The molecule has 4 aromatic rings. The van der Waals surface area contributed by atoms with Gasteiger partial charge in [0, 0.05) is 17.3 Å². The molecule has 108 valence electrons. The Kier molecular flexibility index (Phi) is 3.12. The lowest BCUT2D eigenvalue weighted by Gasteiger charge is -1.99. The average molecular weight is 357 g/mol. The summed E-state index contributed by atoms with van der Waals surface area (Å²) >= 11 is 3.25. The Morgan fingerprint density at radius 3 is 2.73 bits per heavy atom. The molecule has 0 atom stereocenters. The summed E-state index contributed by atoms with van der Waals surface area (Å²) in [6, 6.07) is 13.3. The van der Waals surface area contributed by atoms with Gasteiger partial charge in [-0.2, -0.15) is 10.1 Å². The van der Waals surface area contributed by atoms with E-state index in [0.29, 0.717) is 22.1 Å². The van der Waals surface area contributed by atoms with E-state index >= 15 is 0 Å². The Morgan fingerprint density at radius 2 is 1.95 bits per heavy atom. The summed E-state index contributed by atoms with van der Waals surface area (Å²) in [6.07, 6.45) is 1.71. The van der Waals surface area contributed by atoms with E-state index in [-0.39, 0.29) is 0 Å². The Balaban J connectivity index is 1.71. The van der Waals surface area contributed by atoms with Crippen molar-refractivity contribution in [2.75, 3.05) is 0 Å². The zero-order valence-corrected chi connectivity index (χ0v) is 12.7. The van der Waals surface area contributed by atoms with Gasteiger partial charge in [0.1, 0.15) is 0 Å². The smallest absolute Gasteiger partial charge is 0.293 e. The van der Waals surface area contributed by atoms with Crippen LogP contribution in [0.4, 0.5) is 0 Å². The van der Waals surface area contributed by atoms with Crippen molar-refractivity contribution in [1.29, 1.82) is 0 Å². The van der Waals surface area contributed by atoms with Gasteiger partial charge in [-0.1, -0.05) is 23.4 Å². The number of benzene rings is 1. The van der Waals surface area contributed by atoms with E-state index in [4.69, 9.17) is 8.94 Å². The van der Waals surface area contributed by atoms with Crippen LogP contribution >= 0.6 is 15.9 Å². The fourth-order valence-corrected chi connectivity index (χ4v) is 2.42. The van der Waals surface area contributed by atoms with Gasteiger partial charge in [0.05, 0.1) is 5.69 Å². The SMILES string of the molecule is Brc1ccc(-c2nc(-c3cccc(-c4ccn[nH]4)c3)no2)o1. The second-order valence-electron chi connectivity index (χ2n) is 4.58. The van der Waals surface area contributed by atoms with E-state index < -0.39 is 0 Å². The molecule has 1 aromatic carbocycles. The molecule has 4 rings (SSSR count). The quantitative estimate of drug-likeness (QED) is 0.596. The van der Waals surface area contributed by atoms with Crippen LogP contribution in [0.2, 0.25) is 0 Å². The van der Waals surface area contributed by atoms with Gasteiger partial charge < -0.3 is 8.94 Å². The molecule has 3 aromatic heterocycles. The summed E-state index contributed by atoms with van der Waals surface area (Å²) in [7, 11) is 0. The van der Waals surface area contributed by atoms with E-state index in [9.17, 15) is 0 Å². The number of nitrogens with one attached hydrogen (secondary N) is 1. The first-order valence-corrected chi connectivity index (χ1v) is 7.28. The lowest BCUT2D eigenvalue weighted by molar-refractivity contribution is 0.414. The van der Waals surface area contributed by atoms with Gasteiger partial charge >= 0.3 is 0 Å². The van der Waals surface area contributed by atoms with Crippen molar-refractivity contribution in [1.82, 2.24) is 20.3 Å². The number of rotatable bonds is 3. The molecule has 0 fully saturated rings. The molecule has 3 heterocycles. The number of furan rings is 1. The van der Waals surface area contributed by atoms with Crippen LogP contribution in [0.25, 0.3) is 34.3 Å². The highest BCUT2D eigenvalue weighted by atomic mass is 79.9. The summed E-state index contributed by atoms with van der Waals surface area (Å²) in [6.45, 7) is 0. The van der Waals surface area contributed by atoms with Gasteiger partial charge in [0.25, 0.3) is 5.89 Å². The first-order chi connectivity index (χ1) is 10.8. The first-order valence-electron chi connectivity index (χ1n) is 6.49. The van der Waals surface area contributed by atoms with Crippen LogP contribution in [-0.2, 0) is 0 Å². The number of hydrogen-bond acceptors (Lipinski definition) is 5. The molecule has 0 saturated heterocycles. The third kappa shape index (κ3) is 2.35. The molecule has 0 bridgehead atoms. The molecule has 0 amide bonds. The maximum Gasteiger partial charge on any atom is 0.293 e. The van der Waals surface area contributed by atoms with Crippen LogP contribution in [0.15, 0.2) is 62.3 Å². The van der Waals surface area contributed by atoms with Crippen molar-refractivity contribution in [2.45, 2.75) is 0 Å². The summed E-state index contributed by atoms with van der Waals surface area (Å²) < 4.78 is 11.3. The van der Waals surface area contributed by atoms with E-state index in [1.54, 1.807) is 18.3 Å². The molecular weight excluding hydrogens is 348 g/mol. The Labute approximate surface area is 133 Å². The minimum absolute atomic E-state index is 0.340. The standard InChI is InChI=1S/C15H9BrN4O2/c16-13-5-4-12(21-13)15-18-14(20-22-15)10-3-1-2-9(8-10)11-6-7-17-19-11/h1-8H,(H,17,19). The van der Waals surface area contributed by atoms with Gasteiger partial charge in [-0.3, -0.25) is 5.10 Å². The summed E-state index contributed by atoms with van der Waals surface area (Å²) in [5.74, 6) is 1.37. The first kappa shape index (κ1) is 13.0. The number of aromatic amines is 1. The molecule has 0 saturated carbocycles. The molecule has 0 aliphatic heterocycles. The summed E-state index contributed by atoms with van der Waals surface area (Å²) in [5.41, 5.74) is 2.79. The number of halogens is 1. The molecule has 6 nitrogen and oxygen atoms in total. The van der Waals surface area contributed by atoms with Crippen molar-refractivity contribution < 1.29 is 8.94 Å². The molecule has 0 radical (unpaired) electrons. The topological polar surface area (TPSA) is 80.7 Å². The van der Waals surface area contributed by atoms with Gasteiger partial charge in [0.15, 0.2) is 10.4 Å². The number of H-pyrrole nitrogens is 1. The third-order valence-electron chi connectivity index (χ3n) is 3.14. The Morgan fingerprint density at radius 1 is 1.05 bits per heavy atom. The van der Waals surface area contributed by atoms with Gasteiger partial charge in [-0.05, 0) is 40.2 Å². The maximum atomic E-state index is 5.41. The van der Waals surface area contributed by atoms with Crippen LogP contribution in [0, 0.1) is 0 Å². The van der Waals surface area contributed by atoms with Crippen molar-refractivity contribution in [3.8, 4) is 34.3 Å². The van der Waals surface area contributed by atoms with E-state index in [0.717, 1.165) is 16.8 Å². The molecule has 0 aliphatic carbocycles. The fraction of sp³-hybridized carbons (Fsp3) is 0. The van der Waals surface area contributed by atoms with Crippen LogP contribution in [-0.4, -0.2) is 20.3 Å². The predicted octanol–water partition coefficient (Wildman–Crippen LogP) is 4.15. The zero-order valence-electron chi connectivity index (χ0n) is 11.2. The monoisotopic (exact) mass is 356 g/mol. The van der Waals surface area contributed by atoms with Gasteiger partial charge in [0.2, 0.25) is 5.82 Å². The van der Waals surface area contributed by atoms with Gasteiger partial charge in [-0.25, -0.2) is 0 Å².